The zero-order valence-electron chi connectivity index (χ0n) is 20.5. The third kappa shape index (κ3) is 5.52. The number of fused-ring (bicyclic) bond motifs is 2. The molecule has 2 aliphatic rings. The molecule has 4 unspecified atom stereocenters. The molecule has 0 bridgehead atoms. The van der Waals surface area contributed by atoms with Gasteiger partial charge < -0.3 is 19.5 Å². The number of benzene rings is 3. The molecule has 1 aliphatic heterocycles. The zero-order chi connectivity index (χ0) is 27.9. The molecule has 3 aromatic carbocycles. The average Bonchev–Trinajstić information content (AvgIpc) is 2.88. The number of aliphatic hydroxyl groups is 1. The maximum atomic E-state index is 14.0. The van der Waals surface area contributed by atoms with E-state index in [2.05, 4.69) is 13.8 Å². The number of halogens is 5. The third-order valence-electron chi connectivity index (χ3n) is 6.68. The molecule has 0 saturated heterocycles. The van der Waals surface area contributed by atoms with Gasteiger partial charge >= 0.3 is 6.36 Å². The molecule has 1 heterocycles. The summed E-state index contributed by atoms with van der Waals surface area (Å²) >= 11 is 0. The molecule has 39 heavy (non-hydrogen) atoms. The van der Waals surface area contributed by atoms with Crippen LogP contribution in [0.5, 0.6) is 17.2 Å². The first-order valence-corrected chi connectivity index (χ1v) is 13.5. The Labute approximate surface area is 221 Å². The highest BCUT2D eigenvalue weighted by atomic mass is 32.2. The van der Waals surface area contributed by atoms with Crippen LogP contribution < -0.4 is 19.1 Å². The Kier molecular flexibility index (Phi) is 7.16. The number of nitrogens with zero attached hydrogens (tertiary/aromatic N) is 2. The van der Waals surface area contributed by atoms with Crippen molar-refractivity contribution in [1.29, 1.82) is 0 Å². The molecule has 0 spiro atoms. The number of hydrogen-bond donors (Lipinski definition) is 2. The highest BCUT2D eigenvalue weighted by molar-refractivity contribution is 7.91. The van der Waals surface area contributed by atoms with Crippen LogP contribution in [-0.4, -0.2) is 40.9 Å². The van der Waals surface area contributed by atoms with E-state index in [0.717, 1.165) is 12.1 Å². The minimum Gasteiger partial charge on any atom is -0.453 e. The lowest BCUT2D eigenvalue weighted by molar-refractivity contribution is -0.274. The lowest BCUT2D eigenvalue weighted by Gasteiger charge is -2.45. The van der Waals surface area contributed by atoms with Crippen molar-refractivity contribution in [3.8, 4) is 17.2 Å². The molecule has 0 radical (unpaired) electrons. The lowest BCUT2D eigenvalue weighted by Crippen LogP contribution is -2.56. The topological polar surface area (TPSA) is 83.4 Å². The fourth-order valence-corrected chi connectivity index (χ4v) is 6.59. The van der Waals surface area contributed by atoms with Gasteiger partial charge in [0.15, 0.2) is 11.5 Å². The van der Waals surface area contributed by atoms with Crippen LogP contribution in [0.25, 0.3) is 0 Å². The number of anilines is 2. The highest BCUT2D eigenvalue weighted by Crippen LogP contribution is 2.49. The van der Waals surface area contributed by atoms with Gasteiger partial charge in [-0.05, 0) is 67.8 Å². The van der Waals surface area contributed by atoms with E-state index in [9.17, 15) is 31.3 Å². The molecule has 208 valence electrons. The maximum Gasteiger partial charge on any atom is 0.573 e. The summed E-state index contributed by atoms with van der Waals surface area (Å²) in [4.78, 5) is 1.88. The fourth-order valence-electron chi connectivity index (χ4n) is 4.97. The van der Waals surface area contributed by atoms with E-state index in [0.29, 0.717) is 30.6 Å². The molecule has 3 aromatic rings. The third-order valence-corrected chi connectivity index (χ3v) is 8.73. The first-order valence-electron chi connectivity index (χ1n) is 12.0. The standard InChI is InChI=1S/C26H24F5N3O4S/c1-32-39(36,18-9-7-17(8-10-18)38-26(29,30)31)33-19-3-2-4-22(25(19)35)34-20-11-5-15(27)13-23(20)37-24-14-16(28)6-12-21(24)34/h5-14,19,22,25,35H,2-4H2,1H3,(H,32,33,36). The monoisotopic (exact) mass is 569 g/mol. The Morgan fingerprint density at radius 3 is 2.13 bits per heavy atom. The van der Waals surface area contributed by atoms with Crippen LogP contribution in [0.4, 0.5) is 33.3 Å². The minimum atomic E-state index is -4.87. The van der Waals surface area contributed by atoms with Crippen LogP contribution in [0.2, 0.25) is 0 Å². The predicted molar refractivity (Wildman–Crippen MR) is 133 cm³/mol. The largest absolute Gasteiger partial charge is 0.573 e. The maximum absolute atomic E-state index is 14.0. The lowest BCUT2D eigenvalue weighted by atomic mass is 9.86. The summed E-state index contributed by atoms with van der Waals surface area (Å²) in [5, 5.41) is 11.5. The van der Waals surface area contributed by atoms with Gasteiger partial charge in [0.25, 0.3) is 0 Å². The first-order chi connectivity index (χ1) is 18.5. The van der Waals surface area contributed by atoms with Gasteiger partial charge in [-0.1, -0.05) is 0 Å². The smallest absolute Gasteiger partial charge is 0.453 e. The molecule has 4 atom stereocenters. The Hall–Kier alpha value is -3.42. The summed E-state index contributed by atoms with van der Waals surface area (Å²) in [5.41, 5.74) is 0.947. The number of alkyl halides is 3. The van der Waals surface area contributed by atoms with Crippen molar-refractivity contribution < 1.29 is 40.7 Å². The summed E-state index contributed by atoms with van der Waals surface area (Å²) in [5.74, 6) is -1.26. The number of rotatable bonds is 5. The summed E-state index contributed by atoms with van der Waals surface area (Å²) in [7, 11) is -2.04. The molecule has 13 heteroatoms. The normalized spacial score (nSPS) is 22.2. The summed E-state index contributed by atoms with van der Waals surface area (Å²) in [6, 6.07) is 11.1. The molecule has 5 rings (SSSR count). The summed E-state index contributed by atoms with van der Waals surface area (Å²) in [6.07, 6.45) is -4.46. The van der Waals surface area contributed by atoms with Gasteiger partial charge in [-0.2, -0.15) is 0 Å². The van der Waals surface area contributed by atoms with Crippen molar-refractivity contribution in [3.63, 3.8) is 0 Å². The zero-order valence-corrected chi connectivity index (χ0v) is 21.3. The van der Waals surface area contributed by atoms with E-state index >= 15 is 0 Å². The Morgan fingerprint density at radius 2 is 1.59 bits per heavy atom. The first kappa shape index (κ1) is 27.2. The van der Waals surface area contributed by atoms with Crippen LogP contribution in [-0.2, 0) is 9.92 Å². The van der Waals surface area contributed by atoms with Crippen LogP contribution in [0.3, 0.4) is 0 Å². The van der Waals surface area contributed by atoms with Gasteiger partial charge in [0.2, 0.25) is 0 Å². The fraction of sp³-hybridized carbons (Fsp3) is 0.308. The van der Waals surface area contributed by atoms with Gasteiger partial charge in [0.1, 0.15) is 27.3 Å². The number of aliphatic hydroxyl groups excluding tert-OH is 1. The summed E-state index contributed by atoms with van der Waals surface area (Å²) < 4.78 is 95.9. The van der Waals surface area contributed by atoms with Gasteiger partial charge in [-0.15, -0.1) is 13.2 Å². The Bertz CT molecular complexity index is 1440. The molecule has 7 nitrogen and oxygen atoms in total. The second-order valence-electron chi connectivity index (χ2n) is 9.14. The van der Waals surface area contributed by atoms with Gasteiger partial charge in [0.05, 0.1) is 28.4 Å². The minimum absolute atomic E-state index is 0.113. The summed E-state index contributed by atoms with van der Waals surface area (Å²) in [6.45, 7) is 0. The highest BCUT2D eigenvalue weighted by Gasteiger charge is 2.41. The molecule has 1 fully saturated rings. The molecular formula is C26H24F5N3O4S. The number of hydrogen-bond acceptors (Lipinski definition) is 6. The average molecular weight is 570 g/mol. The second kappa shape index (κ2) is 10.3. The predicted octanol–water partition coefficient (Wildman–Crippen LogP) is 6.05. The second-order valence-corrected chi connectivity index (χ2v) is 11.3. The van der Waals surface area contributed by atoms with E-state index < -0.39 is 51.8 Å². The van der Waals surface area contributed by atoms with Crippen molar-refractivity contribution in [1.82, 2.24) is 4.72 Å². The molecule has 1 aliphatic carbocycles. The van der Waals surface area contributed by atoms with E-state index in [4.69, 9.17) is 4.74 Å². The number of ether oxygens (including phenoxy) is 2. The Morgan fingerprint density at radius 1 is 1.00 bits per heavy atom. The Balaban J connectivity index is 1.44. The SMILES string of the molecule is CN=S(=O)(NC1CCCC(N2c3ccc(F)cc3Oc3cc(F)ccc32)C1O)c1ccc(OC(F)(F)F)cc1. The van der Waals surface area contributed by atoms with Gasteiger partial charge in [0, 0.05) is 25.2 Å². The van der Waals surface area contributed by atoms with E-state index in [-0.39, 0.29) is 16.4 Å². The van der Waals surface area contributed by atoms with Crippen LogP contribution in [0, 0.1) is 11.6 Å². The van der Waals surface area contributed by atoms with Crippen molar-refractivity contribution in [2.45, 2.75) is 48.7 Å². The van der Waals surface area contributed by atoms with Crippen LogP contribution in [0.15, 0.2) is 69.9 Å². The molecule has 1 saturated carbocycles. The van der Waals surface area contributed by atoms with Crippen molar-refractivity contribution in [2.75, 3.05) is 11.9 Å². The van der Waals surface area contributed by atoms with Crippen molar-refractivity contribution in [3.05, 3.63) is 72.3 Å². The van der Waals surface area contributed by atoms with E-state index in [1.807, 2.05) is 0 Å². The van der Waals surface area contributed by atoms with Crippen LogP contribution >= 0.6 is 0 Å². The molecule has 2 N–H and O–H groups in total. The number of nitrogens with one attached hydrogen (secondary N) is 1. The van der Waals surface area contributed by atoms with Crippen molar-refractivity contribution in [2.24, 2.45) is 4.36 Å². The van der Waals surface area contributed by atoms with Gasteiger partial charge in [-0.3, -0.25) is 0 Å². The van der Waals surface area contributed by atoms with Crippen molar-refractivity contribution >= 4 is 21.3 Å². The van der Waals surface area contributed by atoms with E-state index in [1.54, 1.807) is 4.90 Å². The molecular weight excluding hydrogens is 545 g/mol. The van der Waals surface area contributed by atoms with E-state index in [1.165, 1.54) is 55.6 Å². The molecule has 0 amide bonds. The van der Waals surface area contributed by atoms with Gasteiger partial charge in [-0.25, -0.2) is 22.1 Å². The molecule has 0 aromatic heterocycles. The quantitative estimate of drug-likeness (QED) is 0.366. The van der Waals surface area contributed by atoms with Crippen LogP contribution in [0.1, 0.15) is 19.3 Å².